The fourth-order valence-corrected chi connectivity index (χ4v) is 1.93. The summed E-state index contributed by atoms with van der Waals surface area (Å²) in [6, 6.07) is 13.2. The molecule has 0 aliphatic heterocycles. The van der Waals surface area contributed by atoms with Gasteiger partial charge in [0.2, 0.25) is 0 Å². The first-order valence-corrected chi connectivity index (χ1v) is 6.15. The Morgan fingerprint density at radius 2 is 1.75 bits per heavy atom. The summed E-state index contributed by atoms with van der Waals surface area (Å²) in [5.74, 6) is 0.192. The maximum atomic E-state index is 12.8. The molecule has 1 aromatic heterocycles. The van der Waals surface area contributed by atoms with Crippen LogP contribution in [0.5, 0.6) is 0 Å². The van der Waals surface area contributed by atoms with Crippen molar-refractivity contribution in [1.29, 1.82) is 0 Å². The van der Waals surface area contributed by atoms with E-state index in [2.05, 4.69) is 9.97 Å². The average Bonchev–Trinajstić information content (AvgIpc) is 2.47. The molecular formula is C16H11FN2O. The summed E-state index contributed by atoms with van der Waals surface area (Å²) in [6.07, 6.45) is 3.47. The first-order chi connectivity index (χ1) is 9.72. The van der Waals surface area contributed by atoms with Crippen LogP contribution in [-0.2, 0) is 0 Å². The van der Waals surface area contributed by atoms with Crippen LogP contribution in [-0.4, -0.2) is 9.97 Å². The molecule has 0 saturated heterocycles. The highest BCUT2D eigenvalue weighted by Gasteiger charge is 2.00. The van der Waals surface area contributed by atoms with Crippen LogP contribution in [0.2, 0.25) is 0 Å². The highest BCUT2D eigenvalue weighted by Crippen LogP contribution is 2.09. The number of benzene rings is 2. The molecule has 0 saturated carbocycles. The van der Waals surface area contributed by atoms with Gasteiger partial charge < -0.3 is 4.98 Å². The Morgan fingerprint density at radius 3 is 2.55 bits per heavy atom. The van der Waals surface area contributed by atoms with E-state index >= 15 is 0 Å². The summed E-state index contributed by atoms with van der Waals surface area (Å²) in [4.78, 5) is 18.9. The Balaban J connectivity index is 1.98. The van der Waals surface area contributed by atoms with E-state index in [1.807, 2.05) is 6.07 Å². The van der Waals surface area contributed by atoms with Gasteiger partial charge in [-0.15, -0.1) is 0 Å². The first kappa shape index (κ1) is 12.3. The van der Waals surface area contributed by atoms with Crippen LogP contribution in [0.4, 0.5) is 4.39 Å². The fourth-order valence-electron chi connectivity index (χ4n) is 1.93. The Kier molecular flexibility index (Phi) is 3.13. The standard InChI is InChI=1S/C16H11FN2O/c17-12-8-5-11(6-9-12)7-10-15-18-14-4-2-1-3-13(14)16(20)19-15/h1-10H,(H,18,19,20)/b10-7+. The number of hydrogen-bond donors (Lipinski definition) is 1. The summed E-state index contributed by atoms with van der Waals surface area (Å²) in [5, 5.41) is 0.562. The Morgan fingerprint density at radius 1 is 1.00 bits per heavy atom. The van der Waals surface area contributed by atoms with Crippen molar-refractivity contribution in [3.8, 4) is 0 Å². The van der Waals surface area contributed by atoms with Gasteiger partial charge in [-0.25, -0.2) is 9.37 Å². The molecule has 1 heterocycles. The van der Waals surface area contributed by atoms with Crippen molar-refractivity contribution in [3.63, 3.8) is 0 Å². The summed E-state index contributed by atoms with van der Waals surface area (Å²) < 4.78 is 12.8. The second-order valence-corrected chi connectivity index (χ2v) is 4.35. The van der Waals surface area contributed by atoms with Gasteiger partial charge >= 0.3 is 0 Å². The maximum Gasteiger partial charge on any atom is 0.259 e. The van der Waals surface area contributed by atoms with Crippen molar-refractivity contribution in [2.45, 2.75) is 0 Å². The predicted octanol–water partition coefficient (Wildman–Crippen LogP) is 3.23. The molecule has 0 spiro atoms. The van der Waals surface area contributed by atoms with E-state index < -0.39 is 0 Å². The summed E-state index contributed by atoms with van der Waals surface area (Å²) in [6.45, 7) is 0. The molecule has 0 aliphatic carbocycles. The van der Waals surface area contributed by atoms with Crippen LogP contribution < -0.4 is 5.56 Å². The normalized spacial score (nSPS) is 11.2. The number of fused-ring (bicyclic) bond motifs is 1. The molecular weight excluding hydrogens is 255 g/mol. The number of halogens is 1. The van der Waals surface area contributed by atoms with E-state index in [9.17, 15) is 9.18 Å². The number of nitrogens with one attached hydrogen (secondary N) is 1. The van der Waals surface area contributed by atoms with Gasteiger partial charge in [0.1, 0.15) is 11.6 Å². The van der Waals surface area contributed by atoms with E-state index in [-0.39, 0.29) is 11.4 Å². The average molecular weight is 266 g/mol. The summed E-state index contributed by atoms with van der Waals surface area (Å²) in [7, 11) is 0. The molecule has 20 heavy (non-hydrogen) atoms. The van der Waals surface area contributed by atoms with Crippen molar-refractivity contribution in [1.82, 2.24) is 9.97 Å². The van der Waals surface area contributed by atoms with Crippen LogP contribution in [0.15, 0.2) is 53.3 Å². The van der Waals surface area contributed by atoms with Crippen LogP contribution in [0.25, 0.3) is 23.1 Å². The van der Waals surface area contributed by atoms with Crippen LogP contribution in [0.3, 0.4) is 0 Å². The number of aromatic nitrogens is 2. The Labute approximate surface area is 114 Å². The lowest BCUT2D eigenvalue weighted by Gasteiger charge is -1.98. The van der Waals surface area contributed by atoms with Gasteiger partial charge in [0.25, 0.3) is 5.56 Å². The lowest BCUT2D eigenvalue weighted by Crippen LogP contribution is -2.09. The molecule has 3 aromatic rings. The van der Waals surface area contributed by atoms with Crippen molar-refractivity contribution in [2.24, 2.45) is 0 Å². The molecule has 0 radical (unpaired) electrons. The first-order valence-electron chi connectivity index (χ1n) is 6.15. The van der Waals surface area contributed by atoms with Gasteiger partial charge in [0.05, 0.1) is 10.9 Å². The van der Waals surface area contributed by atoms with E-state index in [0.717, 1.165) is 5.56 Å². The van der Waals surface area contributed by atoms with Crippen molar-refractivity contribution >= 4 is 23.1 Å². The molecule has 98 valence electrons. The third-order valence-corrected chi connectivity index (χ3v) is 2.93. The number of rotatable bonds is 2. The number of nitrogens with zero attached hydrogens (tertiary/aromatic N) is 1. The molecule has 0 fully saturated rings. The van der Waals surface area contributed by atoms with Crippen LogP contribution in [0, 0.1) is 5.82 Å². The highest BCUT2D eigenvalue weighted by molar-refractivity contribution is 5.78. The second kappa shape index (κ2) is 5.09. The molecule has 4 heteroatoms. The molecule has 1 N–H and O–H groups in total. The molecule has 0 atom stereocenters. The molecule has 0 unspecified atom stereocenters. The van der Waals surface area contributed by atoms with Gasteiger partial charge in [-0.05, 0) is 35.9 Å². The minimum atomic E-state index is -0.278. The van der Waals surface area contributed by atoms with E-state index in [1.165, 1.54) is 12.1 Å². The van der Waals surface area contributed by atoms with Crippen molar-refractivity contribution in [3.05, 3.63) is 76.1 Å². The molecule has 3 nitrogen and oxygen atoms in total. The topological polar surface area (TPSA) is 45.8 Å². The highest BCUT2D eigenvalue weighted by atomic mass is 19.1. The number of H-pyrrole nitrogens is 1. The zero-order chi connectivity index (χ0) is 13.9. The Hall–Kier alpha value is -2.75. The van der Waals surface area contributed by atoms with Crippen molar-refractivity contribution < 1.29 is 4.39 Å². The van der Waals surface area contributed by atoms with E-state index in [0.29, 0.717) is 16.7 Å². The maximum absolute atomic E-state index is 12.8. The quantitative estimate of drug-likeness (QED) is 0.774. The van der Waals surface area contributed by atoms with Gasteiger partial charge in [-0.3, -0.25) is 4.79 Å². The SMILES string of the molecule is O=c1[nH]c(/C=C/c2ccc(F)cc2)nc2ccccc12. The predicted molar refractivity (Wildman–Crippen MR) is 77.7 cm³/mol. The van der Waals surface area contributed by atoms with Crippen LogP contribution >= 0.6 is 0 Å². The largest absolute Gasteiger partial charge is 0.306 e. The number of aromatic amines is 1. The molecule has 0 aliphatic rings. The smallest absolute Gasteiger partial charge is 0.259 e. The zero-order valence-electron chi connectivity index (χ0n) is 10.5. The van der Waals surface area contributed by atoms with Gasteiger partial charge in [-0.1, -0.05) is 30.3 Å². The van der Waals surface area contributed by atoms with Crippen LogP contribution in [0.1, 0.15) is 11.4 Å². The third kappa shape index (κ3) is 2.49. The zero-order valence-corrected chi connectivity index (χ0v) is 10.5. The second-order valence-electron chi connectivity index (χ2n) is 4.35. The molecule has 0 amide bonds. The fraction of sp³-hybridized carbons (Fsp3) is 0. The summed E-state index contributed by atoms with van der Waals surface area (Å²) >= 11 is 0. The van der Waals surface area contributed by atoms with Gasteiger partial charge in [0.15, 0.2) is 0 Å². The molecule has 0 bridgehead atoms. The van der Waals surface area contributed by atoms with Gasteiger partial charge in [0, 0.05) is 0 Å². The lowest BCUT2D eigenvalue weighted by atomic mass is 10.2. The lowest BCUT2D eigenvalue weighted by molar-refractivity contribution is 0.628. The molecule has 2 aromatic carbocycles. The third-order valence-electron chi connectivity index (χ3n) is 2.93. The minimum absolute atomic E-state index is 0.172. The number of para-hydroxylation sites is 1. The van der Waals surface area contributed by atoms with E-state index in [4.69, 9.17) is 0 Å². The monoisotopic (exact) mass is 266 g/mol. The minimum Gasteiger partial charge on any atom is -0.306 e. The summed E-state index contributed by atoms with van der Waals surface area (Å²) in [5.41, 5.74) is 1.31. The Bertz CT molecular complexity index is 835. The number of hydrogen-bond acceptors (Lipinski definition) is 2. The molecule has 3 rings (SSSR count). The van der Waals surface area contributed by atoms with Gasteiger partial charge in [-0.2, -0.15) is 0 Å². The van der Waals surface area contributed by atoms with E-state index in [1.54, 1.807) is 42.5 Å². The van der Waals surface area contributed by atoms with Crippen molar-refractivity contribution in [2.75, 3.05) is 0 Å².